The Morgan fingerprint density at radius 3 is 3.18 bits per heavy atom. The first-order chi connectivity index (χ1) is 8.13. The Balaban J connectivity index is 2.26. The van der Waals surface area contributed by atoms with Gasteiger partial charge in [0.25, 0.3) is 5.56 Å². The number of thioether (sulfide) groups is 1. The maximum Gasteiger partial charge on any atom is 0.257 e. The van der Waals surface area contributed by atoms with Crippen LogP contribution in [0.4, 0.5) is 0 Å². The smallest absolute Gasteiger partial charge is 0.257 e. The number of carbonyl (C=O) groups excluding carboxylic acids is 1. The number of aryl methyl sites for hydroxylation is 1. The fourth-order valence-corrected chi connectivity index (χ4v) is 2.69. The Bertz CT molecular complexity index is 500. The molecule has 0 aliphatic carbocycles. The molecule has 0 saturated carbocycles. The molecule has 1 aromatic heterocycles. The molecule has 17 heavy (non-hydrogen) atoms. The summed E-state index contributed by atoms with van der Waals surface area (Å²) in [6, 6.07) is 0. The second-order valence-electron chi connectivity index (χ2n) is 3.82. The molecule has 1 aliphatic heterocycles. The quantitative estimate of drug-likeness (QED) is 0.592. The van der Waals surface area contributed by atoms with Gasteiger partial charge >= 0.3 is 0 Å². The van der Waals surface area contributed by atoms with Crippen molar-refractivity contribution in [3.63, 3.8) is 0 Å². The normalized spacial score (nSPS) is 18.6. The van der Waals surface area contributed by atoms with Gasteiger partial charge in [0, 0.05) is 24.1 Å². The summed E-state index contributed by atoms with van der Waals surface area (Å²) in [6.07, 6.45) is 1.57. The molecule has 0 saturated heterocycles. The summed E-state index contributed by atoms with van der Waals surface area (Å²) in [6.45, 7) is 2.07. The number of hydroxylamine groups is 1. The van der Waals surface area contributed by atoms with Gasteiger partial charge < -0.3 is 0 Å². The van der Waals surface area contributed by atoms with Crippen molar-refractivity contribution in [2.24, 2.45) is 5.92 Å². The van der Waals surface area contributed by atoms with E-state index in [1.807, 2.05) is 0 Å². The molecule has 6 nitrogen and oxygen atoms in total. The number of nitrogens with zero attached hydrogens (tertiary/aromatic N) is 2. The first kappa shape index (κ1) is 12.1. The first-order valence-corrected chi connectivity index (χ1v) is 6.14. The molecule has 0 aromatic carbocycles. The van der Waals surface area contributed by atoms with Gasteiger partial charge in [-0.2, -0.15) is 0 Å². The Hall–Kier alpha value is -1.34. The highest BCUT2D eigenvalue weighted by molar-refractivity contribution is 7.99. The highest BCUT2D eigenvalue weighted by Crippen LogP contribution is 2.24. The van der Waals surface area contributed by atoms with Crippen molar-refractivity contribution < 1.29 is 9.63 Å². The molecular weight excluding hydrogens is 242 g/mol. The van der Waals surface area contributed by atoms with Gasteiger partial charge in [-0.1, -0.05) is 11.8 Å². The van der Waals surface area contributed by atoms with Gasteiger partial charge in [-0.25, -0.2) is 10.5 Å². The van der Waals surface area contributed by atoms with Gasteiger partial charge in [-0.3, -0.25) is 19.0 Å². The van der Waals surface area contributed by atoms with Crippen molar-refractivity contribution in [2.75, 3.05) is 12.9 Å². The molecule has 1 N–H and O–H groups in total. The van der Waals surface area contributed by atoms with Crippen LogP contribution in [0.1, 0.15) is 5.56 Å². The summed E-state index contributed by atoms with van der Waals surface area (Å²) < 4.78 is 1.55. The monoisotopic (exact) mass is 255 g/mol. The third-order valence-corrected chi connectivity index (χ3v) is 3.73. The van der Waals surface area contributed by atoms with E-state index in [9.17, 15) is 9.59 Å². The van der Waals surface area contributed by atoms with Crippen LogP contribution >= 0.6 is 11.8 Å². The van der Waals surface area contributed by atoms with Gasteiger partial charge in [0.05, 0.1) is 13.0 Å². The highest BCUT2D eigenvalue weighted by Gasteiger charge is 2.26. The van der Waals surface area contributed by atoms with Crippen LogP contribution in [0.25, 0.3) is 0 Å². The Labute approximate surface area is 102 Å². The van der Waals surface area contributed by atoms with E-state index in [0.717, 1.165) is 0 Å². The first-order valence-electron chi connectivity index (χ1n) is 5.15. The van der Waals surface area contributed by atoms with Crippen molar-refractivity contribution in [2.45, 2.75) is 18.6 Å². The number of aromatic nitrogens is 2. The molecule has 2 heterocycles. The maximum absolute atomic E-state index is 11.9. The summed E-state index contributed by atoms with van der Waals surface area (Å²) >= 11 is 1.41. The lowest BCUT2D eigenvalue weighted by molar-refractivity contribution is -0.135. The largest absolute Gasteiger partial charge is 0.287 e. The summed E-state index contributed by atoms with van der Waals surface area (Å²) in [4.78, 5) is 32.3. The van der Waals surface area contributed by atoms with Crippen molar-refractivity contribution >= 4 is 17.7 Å². The van der Waals surface area contributed by atoms with Crippen LogP contribution in [-0.4, -0.2) is 28.3 Å². The molecule has 0 spiro atoms. The van der Waals surface area contributed by atoms with E-state index in [1.54, 1.807) is 17.7 Å². The highest BCUT2D eigenvalue weighted by atomic mass is 32.2. The lowest BCUT2D eigenvalue weighted by Crippen LogP contribution is -2.39. The van der Waals surface area contributed by atoms with E-state index < -0.39 is 0 Å². The number of hydrogen-bond donors (Lipinski definition) is 1. The minimum Gasteiger partial charge on any atom is -0.287 e. The van der Waals surface area contributed by atoms with Crippen LogP contribution in [0, 0.1) is 12.8 Å². The fourth-order valence-electron chi connectivity index (χ4n) is 1.64. The third-order valence-electron chi connectivity index (χ3n) is 2.57. The SMILES string of the molecule is CONC(=O)C1CSc2ncc(C)c(=O)n2C1. The predicted octanol–water partition coefficient (Wildman–Crippen LogP) is -0.0488. The minimum atomic E-state index is -0.270. The zero-order valence-corrected chi connectivity index (χ0v) is 10.4. The zero-order valence-electron chi connectivity index (χ0n) is 9.60. The molecule has 1 unspecified atom stereocenters. The van der Waals surface area contributed by atoms with Crippen LogP contribution in [0.2, 0.25) is 0 Å². The number of nitrogens with one attached hydrogen (secondary N) is 1. The zero-order chi connectivity index (χ0) is 12.4. The average molecular weight is 255 g/mol. The van der Waals surface area contributed by atoms with E-state index in [0.29, 0.717) is 23.0 Å². The van der Waals surface area contributed by atoms with Gasteiger partial charge in [-0.15, -0.1) is 0 Å². The molecule has 7 heteroatoms. The molecule has 2 rings (SSSR count). The maximum atomic E-state index is 11.9. The Morgan fingerprint density at radius 2 is 2.47 bits per heavy atom. The van der Waals surface area contributed by atoms with Crippen molar-refractivity contribution in [1.82, 2.24) is 15.0 Å². The van der Waals surface area contributed by atoms with Gasteiger partial charge in [0.2, 0.25) is 5.91 Å². The van der Waals surface area contributed by atoms with E-state index in [1.165, 1.54) is 18.9 Å². The summed E-state index contributed by atoms with van der Waals surface area (Å²) in [5.74, 6) is 0.123. The lowest BCUT2D eigenvalue weighted by Gasteiger charge is -2.23. The van der Waals surface area contributed by atoms with E-state index in [2.05, 4.69) is 15.3 Å². The molecule has 1 aromatic rings. The molecule has 0 fully saturated rings. The minimum absolute atomic E-state index is 0.0857. The number of amides is 1. The summed E-state index contributed by atoms with van der Waals surface area (Å²) in [7, 11) is 1.39. The van der Waals surface area contributed by atoms with E-state index >= 15 is 0 Å². The molecule has 1 amide bonds. The third kappa shape index (κ3) is 2.34. The van der Waals surface area contributed by atoms with Crippen LogP contribution in [-0.2, 0) is 16.2 Å². The lowest BCUT2D eigenvalue weighted by atomic mass is 10.1. The second kappa shape index (κ2) is 4.89. The fraction of sp³-hybridized carbons (Fsp3) is 0.500. The van der Waals surface area contributed by atoms with Gasteiger partial charge in [-0.05, 0) is 6.92 Å². The topological polar surface area (TPSA) is 73.2 Å². The number of hydrogen-bond acceptors (Lipinski definition) is 5. The van der Waals surface area contributed by atoms with Gasteiger partial charge in [0.1, 0.15) is 0 Å². The van der Waals surface area contributed by atoms with E-state index in [-0.39, 0.29) is 17.4 Å². The number of fused-ring (bicyclic) bond motifs is 1. The van der Waals surface area contributed by atoms with Crippen molar-refractivity contribution in [3.05, 3.63) is 22.1 Å². The number of rotatable bonds is 2. The number of carbonyl (C=O) groups is 1. The summed E-state index contributed by atoms with van der Waals surface area (Å²) in [5.41, 5.74) is 2.79. The molecule has 1 atom stereocenters. The van der Waals surface area contributed by atoms with Gasteiger partial charge in [0.15, 0.2) is 5.16 Å². The van der Waals surface area contributed by atoms with E-state index in [4.69, 9.17) is 0 Å². The Kier molecular flexibility index (Phi) is 3.49. The van der Waals surface area contributed by atoms with Crippen molar-refractivity contribution in [3.8, 4) is 0 Å². The van der Waals surface area contributed by atoms with Crippen LogP contribution in [0.5, 0.6) is 0 Å². The molecular formula is C10H13N3O3S. The average Bonchev–Trinajstić information content (AvgIpc) is 2.34. The molecule has 1 aliphatic rings. The molecule has 0 bridgehead atoms. The van der Waals surface area contributed by atoms with Crippen LogP contribution < -0.4 is 11.0 Å². The van der Waals surface area contributed by atoms with Crippen molar-refractivity contribution in [1.29, 1.82) is 0 Å². The summed E-state index contributed by atoms with van der Waals surface area (Å²) in [5, 5.41) is 0.669. The Morgan fingerprint density at radius 1 is 1.71 bits per heavy atom. The van der Waals surface area contributed by atoms with Crippen LogP contribution in [0.15, 0.2) is 16.1 Å². The predicted molar refractivity (Wildman–Crippen MR) is 62.6 cm³/mol. The standard InChI is InChI=1S/C10H13N3O3S/c1-6-3-11-10-13(9(6)15)4-7(5-17-10)8(14)12-16-2/h3,7H,4-5H2,1-2H3,(H,12,14). The van der Waals surface area contributed by atoms with Crippen LogP contribution in [0.3, 0.4) is 0 Å². The molecule has 92 valence electrons. The second-order valence-corrected chi connectivity index (χ2v) is 4.81. The molecule has 0 radical (unpaired) electrons.